The van der Waals surface area contributed by atoms with Crippen LogP contribution in [-0.4, -0.2) is 42.4 Å². The van der Waals surface area contributed by atoms with Crippen LogP contribution < -0.4 is 0 Å². The molecule has 1 atom stereocenters. The average Bonchev–Trinajstić information content (AvgIpc) is 2.04. The maximum absolute atomic E-state index is 5.17. The maximum atomic E-state index is 5.17. The Morgan fingerprint density at radius 2 is 1.82 bits per heavy atom. The highest BCUT2D eigenvalue weighted by molar-refractivity contribution is 7.80. The largest absolute Gasteiger partial charge is 0.371 e. The fourth-order valence-electron chi connectivity index (χ4n) is 0.651. The van der Waals surface area contributed by atoms with E-state index in [1.54, 1.807) is 21.3 Å². The molecule has 1 unspecified atom stereocenters. The summed E-state index contributed by atoms with van der Waals surface area (Å²) in [7, 11) is 5.68. The highest BCUT2D eigenvalue weighted by Gasteiger charge is 2.25. The molecule has 5 heteroatoms. The number of thiol groups is 1. The van der Waals surface area contributed by atoms with Crippen molar-refractivity contribution in [3.63, 3.8) is 0 Å². The summed E-state index contributed by atoms with van der Waals surface area (Å²) in [4.78, 5) is 0. The van der Waals surface area contributed by atoms with Crippen molar-refractivity contribution in [2.24, 2.45) is 0 Å². The highest BCUT2D eigenvalue weighted by Crippen LogP contribution is 2.17. The van der Waals surface area contributed by atoms with E-state index in [-0.39, 0.29) is 5.44 Å². The van der Waals surface area contributed by atoms with Crippen LogP contribution in [0.4, 0.5) is 0 Å². The van der Waals surface area contributed by atoms with E-state index in [2.05, 4.69) is 12.6 Å². The lowest BCUT2D eigenvalue weighted by Crippen LogP contribution is -2.37. The third-order valence-electron chi connectivity index (χ3n) is 1.68. The lowest BCUT2D eigenvalue weighted by molar-refractivity contribution is -0.155. The van der Waals surface area contributed by atoms with Crippen LogP contribution in [-0.2, 0) is 14.2 Å². The van der Waals surface area contributed by atoms with Crippen molar-refractivity contribution in [3.05, 3.63) is 0 Å². The molecule has 0 saturated heterocycles. The van der Waals surface area contributed by atoms with Crippen LogP contribution in [0.25, 0.3) is 0 Å². The smallest absolute Gasteiger partial charge is 0.144 e. The topological polar surface area (TPSA) is 27.7 Å². The van der Waals surface area contributed by atoms with Crippen molar-refractivity contribution >= 4 is 22.9 Å². The van der Waals surface area contributed by atoms with E-state index >= 15 is 0 Å². The fourth-order valence-corrected chi connectivity index (χ4v) is 1.70. The lowest BCUT2D eigenvalue weighted by Gasteiger charge is -2.28. The van der Waals surface area contributed by atoms with Gasteiger partial charge in [0.05, 0.1) is 10.2 Å². The number of hydrogen-bond acceptors (Lipinski definition) is 4. The molecule has 68 valence electrons. The average molecular weight is 196 g/mol. The molecule has 0 saturated carbocycles. The maximum Gasteiger partial charge on any atom is 0.144 e. The Labute approximate surface area is 76.2 Å². The molecule has 0 spiro atoms. The highest BCUT2D eigenvalue weighted by atomic mass is 32.1. The zero-order chi connectivity index (χ0) is 8.91. The normalized spacial score (nSPS) is 15.3. The number of methoxy groups -OCH3 is 3. The number of hydrogen-bond donors (Lipinski definition) is 1. The second kappa shape index (κ2) is 5.16. The SMILES string of the molecule is COC(S)CC([SiH3])(OC)OC. The van der Waals surface area contributed by atoms with Crippen molar-refractivity contribution in [1.82, 2.24) is 0 Å². The summed E-state index contributed by atoms with van der Waals surface area (Å²) >= 11 is 4.17. The van der Waals surface area contributed by atoms with Crippen LogP contribution in [0.5, 0.6) is 0 Å². The van der Waals surface area contributed by atoms with Crippen LogP contribution in [0.15, 0.2) is 0 Å². The van der Waals surface area contributed by atoms with Gasteiger partial charge in [0.1, 0.15) is 10.8 Å². The van der Waals surface area contributed by atoms with E-state index in [0.717, 1.165) is 10.2 Å². The summed E-state index contributed by atoms with van der Waals surface area (Å²) in [5.74, 6) is 0. The van der Waals surface area contributed by atoms with Gasteiger partial charge in [0.25, 0.3) is 0 Å². The second-order valence-electron chi connectivity index (χ2n) is 2.44. The van der Waals surface area contributed by atoms with E-state index < -0.39 is 5.41 Å². The van der Waals surface area contributed by atoms with E-state index in [0.29, 0.717) is 6.42 Å². The predicted molar refractivity (Wildman–Crippen MR) is 51.1 cm³/mol. The second-order valence-corrected chi connectivity index (χ2v) is 4.54. The Kier molecular flexibility index (Phi) is 5.37. The van der Waals surface area contributed by atoms with E-state index in [9.17, 15) is 0 Å². The first-order chi connectivity index (χ1) is 5.08. The number of ether oxygens (including phenoxy) is 3. The van der Waals surface area contributed by atoms with Crippen molar-refractivity contribution in [2.45, 2.75) is 17.3 Å². The van der Waals surface area contributed by atoms with Gasteiger partial charge >= 0.3 is 0 Å². The molecule has 0 fully saturated rings. The Balaban J connectivity index is 3.86. The van der Waals surface area contributed by atoms with Gasteiger partial charge in [-0.15, -0.1) is 12.6 Å². The molecule has 3 nitrogen and oxygen atoms in total. The molecule has 0 heterocycles. The molecule has 0 aromatic heterocycles. The summed E-state index contributed by atoms with van der Waals surface area (Å²) in [5, 5.41) is 0. The van der Waals surface area contributed by atoms with Gasteiger partial charge in [-0.25, -0.2) is 0 Å². The molecule has 0 aliphatic heterocycles. The van der Waals surface area contributed by atoms with Crippen molar-refractivity contribution in [2.75, 3.05) is 21.3 Å². The third kappa shape index (κ3) is 4.12. The fraction of sp³-hybridized carbons (Fsp3) is 1.00. The van der Waals surface area contributed by atoms with Crippen molar-refractivity contribution in [3.8, 4) is 0 Å². The van der Waals surface area contributed by atoms with Crippen molar-refractivity contribution in [1.29, 1.82) is 0 Å². The molecule has 0 amide bonds. The molecule has 0 N–H and O–H groups in total. The van der Waals surface area contributed by atoms with E-state index in [1.807, 2.05) is 0 Å². The summed E-state index contributed by atoms with van der Waals surface area (Å²) in [6, 6.07) is 0. The quantitative estimate of drug-likeness (QED) is 0.368. The Morgan fingerprint density at radius 3 is 2.09 bits per heavy atom. The molecular weight excluding hydrogens is 180 g/mol. The Morgan fingerprint density at radius 1 is 1.36 bits per heavy atom. The Bertz CT molecular complexity index is 108. The molecule has 0 bridgehead atoms. The van der Waals surface area contributed by atoms with Gasteiger partial charge in [0, 0.05) is 27.8 Å². The third-order valence-corrected chi connectivity index (χ3v) is 3.30. The van der Waals surface area contributed by atoms with Crippen LogP contribution in [0.1, 0.15) is 6.42 Å². The van der Waals surface area contributed by atoms with Gasteiger partial charge < -0.3 is 14.2 Å². The molecule has 0 radical (unpaired) electrons. The molecule has 11 heavy (non-hydrogen) atoms. The first-order valence-electron chi connectivity index (χ1n) is 3.39. The summed E-state index contributed by atoms with van der Waals surface area (Å²) < 4.78 is 15.3. The summed E-state index contributed by atoms with van der Waals surface area (Å²) in [6.07, 6.45) is 0.659. The van der Waals surface area contributed by atoms with E-state index in [1.165, 1.54) is 0 Å². The minimum Gasteiger partial charge on any atom is -0.371 e. The molecule has 0 aromatic carbocycles. The minimum atomic E-state index is -0.456. The van der Waals surface area contributed by atoms with Crippen LogP contribution in [0, 0.1) is 0 Å². The molecule has 0 aliphatic carbocycles. The zero-order valence-corrected chi connectivity index (χ0v) is 10.4. The molecule has 0 rings (SSSR count). The molecular formula is C6H16O3SSi. The summed E-state index contributed by atoms with van der Waals surface area (Å²) in [6.45, 7) is 0. The summed E-state index contributed by atoms with van der Waals surface area (Å²) in [5.41, 5.74) is -0.574. The predicted octanol–water partition coefficient (Wildman–Crippen LogP) is -0.409. The standard InChI is InChI=1S/C6H16O3SSi/c1-7-5(10)4-6(11,8-2)9-3/h5,10H,4H2,1-3,11H3. The van der Waals surface area contributed by atoms with E-state index in [4.69, 9.17) is 14.2 Å². The van der Waals surface area contributed by atoms with Gasteiger partial charge in [0.15, 0.2) is 0 Å². The van der Waals surface area contributed by atoms with Crippen LogP contribution in [0.3, 0.4) is 0 Å². The minimum absolute atomic E-state index is 0.118. The van der Waals surface area contributed by atoms with Gasteiger partial charge in [-0.2, -0.15) is 0 Å². The van der Waals surface area contributed by atoms with Gasteiger partial charge in [-0.05, 0) is 0 Å². The van der Waals surface area contributed by atoms with Gasteiger partial charge in [-0.1, -0.05) is 0 Å². The monoisotopic (exact) mass is 196 g/mol. The van der Waals surface area contributed by atoms with Crippen molar-refractivity contribution < 1.29 is 14.2 Å². The lowest BCUT2D eigenvalue weighted by atomic mass is 10.4. The molecule has 0 aromatic rings. The van der Waals surface area contributed by atoms with Crippen LogP contribution >= 0.6 is 12.6 Å². The van der Waals surface area contributed by atoms with Gasteiger partial charge in [0.2, 0.25) is 0 Å². The Hall–Kier alpha value is 0.447. The first-order valence-corrected chi connectivity index (χ1v) is 4.91. The van der Waals surface area contributed by atoms with Crippen LogP contribution in [0.2, 0.25) is 0 Å². The molecule has 0 aliphatic rings. The zero-order valence-electron chi connectivity index (χ0n) is 7.46. The first kappa shape index (κ1) is 11.4. The number of rotatable bonds is 5. The van der Waals surface area contributed by atoms with Gasteiger partial charge in [-0.3, -0.25) is 0 Å².